The lowest BCUT2D eigenvalue weighted by molar-refractivity contribution is -0.140. The van der Waals surface area contributed by atoms with Crippen LogP contribution < -0.4 is 14.2 Å². The van der Waals surface area contributed by atoms with Crippen molar-refractivity contribution >= 4 is 23.1 Å². The number of amides is 1. The van der Waals surface area contributed by atoms with Gasteiger partial charge in [-0.2, -0.15) is 0 Å². The number of methoxy groups -OCH3 is 4. The van der Waals surface area contributed by atoms with Crippen molar-refractivity contribution in [2.45, 2.75) is 13.0 Å². The van der Waals surface area contributed by atoms with E-state index in [2.05, 4.69) is 4.98 Å². The summed E-state index contributed by atoms with van der Waals surface area (Å²) in [5.74, 6) is -0.796. The zero-order chi connectivity index (χ0) is 25.3. The zero-order valence-corrected chi connectivity index (χ0v) is 20.2. The van der Waals surface area contributed by atoms with Crippen molar-refractivity contribution in [2.24, 2.45) is 0 Å². The summed E-state index contributed by atoms with van der Waals surface area (Å²) >= 11 is 0. The fraction of sp³-hybridized carbons (Fsp3) is 0.320. The number of aliphatic hydroxyl groups excluding tert-OH is 1. The summed E-state index contributed by atoms with van der Waals surface area (Å²) in [7, 11) is 5.94. The highest BCUT2D eigenvalue weighted by Gasteiger charge is 2.47. The van der Waals surface area contributed by atoms with Crippen LogP contribution in [0, 0.1) is 6.92 Å². The maximum atomic E-state index is 13.3. The number of benzene rings is 1. The summed E-state index contributed by atoms with van der Waals surface area (Å²) in [6, 6.07) is 7.80. The van der Waals surface area contributed by atoms with Crippen molar-refractivity contribution in [1.82, 2.24) is 14.3 Å². The van der Waals surface area contributed by atoms with Crippen LogP contribution in [0.2, 0.25) is 0 Å². The van der Waals surface area contributed by atoms with E-state index in [0.717, 1.165) is 0 Å². The second-order valence-electron chi connectivity index (χ2n) is 7.92. The van der Waals surface area contributed by atoms with Crippen LogP contribution in [0.25, 0.3) is 11.4 Å². The molecule has 4 rings (SSSR count). The second-order valence-corrected chi connectivity index (χ2v) is 7.92. The topological polar surface area (TPSA) is 112 Å². The number of nitrogens with zero attached hydrogens (tertiary/aromatic N) is 3. The molecule has 0 saturated carbocycles. The van der Waals surface area contributed by atoms with Crippen LogP contribution in [0.4, 0.5) is 0 Å². The van der Waals surface area contributed by atoms with E-state index < -0.39 is 17.7 Å². The van der Waals surface area contributed by atoms with Crippen LogP contribution in [-0.4, -0.2) is 72.7 Å². The van der Waals surface area contributed by atoms with E-state index in [0.29, 0.717) is 39.8 Å². The van der Waals surface area contributed by atoms with Crippen molar-refractivity contribution < 1.29 is 33.6 Å². The number of Topliss-reactive ketones (excluding diaryl/α,β-unsaturated/α-hetero) is 1. The van der Waals surface area contributed by atoms with Gasteiger partial charge in [-0.25, -0.2) is 4.98 Å². The molecule has 10 heteroatoms. The lowest BCUT2D eigenvalue weighted by atomic mass is 9.95. The standard InChI is InChI=1S/C25H27N3O7/c1-14-20(27-9-7-6-8-18(27)26-14)22(29)19-21(28(10-11-32-2)25(31)23(19)30)15-12-16(33-3)24(35-5)17(13-15)34-4/h6-9,12-13,21,29H,10-11H2,1-5H3/b22-19+. The fourth-order valence-corrected chi connectivity index (χ4v) is 4.43. The maximum absolute atomic E-state index is 13.3. The molecule has 184 valence electrons. The quantitative estimate of drug-likeness (QED) is 0.297. The van der Waals surface area contributed by atoms with Crippen molar-refractivity contribution in [1.29, 1.82) is 0 Å². The highest BCUT2D eigenvalue weighted by molar-refractivity contribution is 6.46. The number of imidazole rings is 1. The number of aryl methyl sites for hydroxylation is 1. The lowest BCUT2D eigenvalue weighted by Gasteiger charge is -2.26. The third kappa shape index (κ3) is 3.95. The minimum atomic E-state index is -0.924. The van der Waals surface area contributed by atoms with Gasteiger partial charge in [0.05, 0.1) is 45.2 Å². The SMILES string of the molecule is COCCN1C(=O)C(=O)/C(=C(/O)c2c(C)nc3ccccn23)C1c1cc(OC)c(OC)c(OC)c1. The van der Waals surface area contributed by atoms with Gasteiger partial charge in [-0.05, 0) is 36.8 Å². The maximum Gasteiger partial charge on any atom is 0.295 e. The molecule has 1 aliphatic rings. The number of hydrogen-bond acceptors (Lipinski definition) is 8. The molecule has 10 nitrogen and oxygen atoms in total. The van der Waals surface area contributed by atoms with Gasteiger partial charge < -0.3 is 29.0 Å². The molecular formula is C25H27N3O7. The van der Waals surface area contributed by atoms with E-state index in [1.165, 1.54) is 33.3 Å². The lowest BCUT2D eigenvalue weighted by Crippen LogP contribution is -2.32. The van der Waals surface area contributed by atoms with Crippen LogP contribution in [0.3, 0.4) is 0 Å². The first kappa shape index (κ1) is 24.1. The number of fused-ring (bicyclic) bond motifs is 1. The van der Waals surface area contributed by atoms with Crippen molar-refractivity contribution in [3.05, 3.63) is 59.1 Å². The van der Waals surface area contributed by atoms with Crippen molar-refractivity contribution in [2.75, 3.05) is 41.6 Å². The van der Waals surface area contributed by atoms with E-state index in [1.54, 1.807) is 41.8 Å². The van der Waals surface area contributed by atoms with Gasteiger partial charge in [0.25, 0.3) is 11.7 Å². The van der Waals surface area contributed by atoms with E-state index in [9.17, 15) is 14.7 Å². The van der Waals surface area contributed by atoms with Gasteiger partial charge >= 0.3 is 0 Å². The molecule has 1 aromatic carbocycles. The molecule has 0 spiro atoms. The number of aromatic nitrogens is 2. The normalized spacial score (nSPS) is 17.3. The number of ketones is 1. The Kier molecular flexibility index (Phi) is 6.65. The van der Waals surface area contributed by atoms with Crippen LogP contribution in [0.15, 0.2) is 42.1 Å². The first-order valence-electron chi connectivity index (χ1n) is 10.9. The Bertz CT molecular complexity index is 1300. The first-order chi connectivity index (χ1) is 16.9. The third-order valence-electron chi connectivity index (χ3n) is 6.01. The van der Waals surface area contributed by atoms with E-state index in [4.69, 9.17) is 18.9 Å². The molecule has 1 N–H and O–H groups in total. The minimum Gasteiger partial charge on any atom is -0.505 e. The van der Waals surface area contributed by atoms with Gasteiger partial charge in [0.2, 0.25) is 5.75 Å². The number of carbonyl (C=O) groups is 2. The summed E-state index contributed by atoms with van der Waals surface area (Å²) in [4.78, 5) is 32.3. The molecule has 2 aromatic heterocycles. The molecule has 0 bridgehead atoms. The summed E-state index contributed by atoms with van der Waals surface area (Å²) < 4.78 is 23.2. The van der Waals surface area contributed by atoms with Crippen LogP contribution >= 0.6 is 0 Å². The zero-order valence-electron chi connectivity index (χ0n) is 20.2. The molecule has 1 aliphatic heterocycles. The van der Waals surface area contributed by atoms with Gasteiger partial charge in [-0.15, -0.1) is 0 Å². The average molecular weight is 482 g/mol. The monoisotopic (exact) mass is 481 g/mol. The Labute approximate surface area is 202 Å². The summed E-state index contributed by atoms with van der Waals surface area (Å²) in [6.45, 7) is 2.06. The largest absolute Gasteiger partial charge is 0.505 e. The van der Waals surface area contributed by atoms with Gasteiger partial charge in [0, 0.05) is 19.9 Å². The number of aliphatic hydroxyl groups is 1. The number of carbonyl (C=O) groups excluding carboxylic acids is 2. The molecular weight excluding hydrogens is 454 g/mol. The Balaban J connectivity index is 2.00. The fourth-order valence-electron chi connectivity index (χ4n) is 4.43. The molecule has 1 amide bonds. The van der Waals surface area contributed by atoms with Gasteiger partial charge in [0.1, 0.15) is 11.3 Å². The predicted molar refractivity (Wildman–Crippen MR) is 127 cm³/mol. The highest BCUT2D eigenvalue weighted by atomic mass is 16.5. The van der Waals surface area contributed by atoms with Crippen molar-refractivity contribution in [3.8, 4) is 17.2 Å². The Morgan fingerprint density at radius 2 is 1.74 bits per heavy atom. The summed E-state index contributed by atoms with van der Waals surface area (Å²) in [5.41, 5.74) is 1.89. The van der Waals surface area contributed by atoms with Crippen molar-refractivity contribution in [3.63, 3.8) is 0 Å². The summed E-state index contributed by atoms with van der Waals surface area (Å²) in [5, 5.41) is 11.5. The van der Waals surface area contributed by atoms with Gasteiger partial charge in [-0.3, -0.25) is 14.0 Å². The van der Waals surface area contributed by atoms with E-state index in [1.807, 2.05) is 6.07 Å². The molecule has 1 fully saturated rings. The van der Waals surface area contributed by atoms with Crippen LogP contribution in [-0.2, 0) is 14.3 Å². The molecule has 35 heavy (non-hydrogen) atoms. The van der Waals surface area contributed by atoms with Gasteiger partial charge in [-0.1, -0.05) is 6.07 Å². The Morgan fingerprint density at radius 1 is 1.06 bits per heavy atom. The molecule has 0 radical (unpaired) electrons. The smallest absolute Gasteiger partial charge is 0.295 e. The minimum absolute atomic E-state index is 0.0610. The second kappa shape index (κ2) is 9.67. The highest BCUT2D eigenvalue weighted by Crippen LogP contribution is 2.45. The summed E-state index contributed by atoms with van der Waals surface area (Å²) in [6.07, 6.45) is 1.74. The first-order valence-corrected chi connectivity index (χ1v) is 10.9. The molecule has 1 unspecified atom stereocenters. The molecule has 3 heterocycles. The number of pyridine rings is 1. The van der Waals surface area contributed by atoms with Gasteiger partial charge in [0.15, 0.2) is 17.3 Å². The molecule has 1 saturated heterocycles. The number of rotatable bonds is 8. The number of likely N-dealkylation sites (tertiary alicyclic amines) is 1. The molecule has 0 aliphatic carbocycles. The average Bonchev–Trinajstić information content (AvgIpc) is 3.33. The third-order valence-corrected chi connectivity index (χ3v) is 6.01. The molecule has 1 atom stereocenters. The van der Waals surface area contributed by atoms with Crippen LogP contribution in [0.1, 0.15) is 23.0 Å². The van der Waals surface area contributed by atoms with Crippen LogP contribution in [0.5, 0.6) is 17.2 Å². The Morgan fingerprint density at radius 3 is 2.34 bits per heavy atom. The number of hydrogen-bond donors (Lipinski definition) is 1. The van der Waals surface area contributed by atoms with E-state index in [-0.39, 0.29) is 24.5 Å². The Hall–Kier alpha value is -4.05. The predicted octanol–water partition coefficient (Wildman–Crippen LogP) is 2.74. The number of ether oxygens (including phenoxy) is 4. The van der Waals surface area contributed by atoms with E-state index >= 15 is 0 Å². The molecule has 3 aromatic rings.